The lowest BCUT2D eigenvalue weighted by Crippen LogP contribution is -2.49. The molecule has 3 N–H and O–H groups in total. The smallest absolute Gasteiger partial charge is 0.220 e. The van der Waals surface area contributed by atoms with E-state index in [4.69, 9.17) is 5.73 Å². The number of benzene rings is 1. The molecule has 0 spiro atoms. The number of halogens is 1. The van der Waals surface area contributed by atoms with E-state index in [-0.39, 0.29) is 23.7 Å². The van der Waals surface area contributed by atoms with Crippen molar-refractivity contribution >= 4 is 11.7 Å². The van der Waals surface area contributed by atoms with Crippen LogP contribution in [0.4, 0.5) is 4.39 Å². The molecule has 1 amide bonds. The molecule has 1 atom stereocenters. The fourth-order valence-electron chi connectivity index (χ4n) is 2.14. The first-order valence-electron chi connectivity index (χ1n) is 7.66. The van der Waals surface area contributed by atoms with E-state index in [0.717, 1.165) is 12.8 Å². The van der Waals surface area contributed by atoms with Crippen LogP contribution < -0.4 is 11.1 Å². The van der Waals surface area contributed by atoms with Crippen LogP contribution in [0.15, 0.2) is 24.3 Å². The van der Waals surface area contributed by atoms with Gasteiger partial charge in [0, 0.05) is 30.0 Å². The topological polar surface area (TPSA) is 72.2 Å². The van der Waals surface area contributed by atoms with Crippen LogP contribution in [0.2, 0.25) is 0 Å². The van der Waals surface area contributed by atoms with Crippen molar-refractivity contribution in [3.63, 3.8) is 0 Å². The lowest BCUT2D eigenvalue weighted by Gasteiger charge is -2.27. The molecule has 0 aliphatic heterocycles. The van der Waals surface area contributed by atoms with Gasteiger partial charge in [-0.25, -0.2) is 4.39 Å². The minimum Gasteiger partial charge on any atom is -0.354 e. The van der Waals surface area contributed by atoms with Gasteiger partial charge >= 0.3 is 0 Å². The Morgan fingerprint density at radius 1 is 1.32 bits per heavy atom. The number of nitrogens with one attached hydrogen (secondary N) is 1. The van der Waals surface area contributed by atoms with Crippen LogP contribution in [0.3, 0.4) is 0 Å². The zero-order valence-corrected chi connectivity index (χ0v) is 13.5. The summed E-state index contributed by atoms with van der Waals surface area (Å²) in [6.07, 6.45) is 1.60. The zero-order chi connectivity index (χ0) is 16.8. The number of amides is 1. The third-order valence-electron chi connectivity index (χ3n) is 4.09. The van der Waals surface area contributed by atoms with Crippen LogP contribution in [-0.4, -0.2) is 23.8 Å². The molecular weight excluding hydrogens is 283 g/mol. The average molecular weight is 308 g/mol. The van der Waals surface area contributed by atoms with Crippen molar-refractivity contribution in [2.24, 2.45) is 11.7 Å². The van der Waals surface area contributed by atoms with Crippen LogP contribution in [0.5, 0.6) is 0 Å². The van der Waals surface area contributed by atoms with E-state index in [0.29, 0.717) is 6.54 Å². The summed E-state index contributed by atoms with van der Waals surface area (Å²) in [6, 6.07) is 5.51. The number of rotatable bonds is 8. The first-order valence-corrected chi connectivity index (χ1v) is 7.66. The predicted octanol–water partition coefficient (Wildman–Crippen LogP) is 2.67. The second-order valence-electron chi connectivity index (χ2n) is 5.83. The summed E-state index contributed by atoms with van der Waals surface area (Å²) in [6.45, 7) is 6.01. The summed E-state index contributed by atoms with van der Waals surface area (Å²) in [7, 11) is 0. The molecule has 1 unspecified atom stereocenters. The molecule has 0 aromatic heterocycles. The number of hydrogen-bond donors (Lipinski definition) is 2. The molecular formula is C17H25FN2O2. The Kier molecular flexibility index (Phi) is 6.68. The molecule has 1 rings (SSSR count). The molecule has 0 saturated heterocycles. The summed E-state index contributed by atoms with van der Waals surface area (Å²) in [5.41, 5.74) is 6.00. The molecule has 22 heavy (non-hydrogen) atoms. The summed E-state index contributed by atoms with van der Waals surface area (Å²) < 4.78 is 13.1. The van der Waals surface area contributed by atoms with E-state index in [1.165, 1.54) is 18.2 Å². The van der Waals surface area contributed by atoms with Gasteiger partial charge < -0.3 is 11.1 Å². The van der Waals surface area contributed by atoms with E-state index in [1.807, 2.05) is 13.8 Å². The summed E-state index contributed by atoms with van der Waals surface area (Å²) in [5.74, 6) is -1.41. The van der Waals surface area contributed by atoms with Crippen LogP contribution >= 0.6 is 0 Å². The molecule has 1 aromatic carbocycles. The van der Waals surface area contributed by atoms with Crippen molar-refractivity contribution in [3.8, 4) is 0 Å². The first-order chi connectivity index (χ1) is 10.3. The van der Waals surface area contributed by atoms with Gasteiger partial charge in [0.1, 0.15) is 5.82 Å². The molecule has 5 heteroatoms. The van der Waals surface area contributed by atoms with E-state index >= 15 is 0 Å². The van der Waals surface area contributed by atoms with Crippen LogP contribution in [-0.2, 0) is 4.79 Å². The highest BCUT2D eigenvalue weighted by atomic mass is 19.1. The van der Waals surface area contributed by atoms with Gasteiger partial charge in [-0.1, -0.05) is 32.9 Å². The van der Waals surface area contributed by atoms with Gasteiger partial charge in [-0.05, 0) is 25.0 Å². The number of carbonyl (C=O) groups is 2. The molecule has 0 saturated carbocycles. The highest BCUT2D eigenvalue weighted by Gasteiger charge is 2.23. The third-order valence-corrected chi connectivity index (χ3v) is 4.09. The maximum Gasteiger partial charge on any atom is 0.220 e. The third kappa shape index (κ3) is 5.22. The molecule has 1 aromatic rings. The zero-order valence-electron chi connectivity index (χ0n) is 13.5. The Hall–Kier alpha value is -1.75. The van der Waals surface area contributed by atoms with Gasteiger partial charge in [0.25, 0.3) is 0 Å². The second kappa shape index (κ2) is 8.03. The molecule has 0 radical (unpaired) electrons. The fraction of sp³-hybridized carbons (Fsp3) is 0.529. The van der Waals surface area contributed by atoms with E-state index in [2.05, 4.69) is 5.32 Å². The Bertz CT molecular complexity index is 527. The van der Waals surface area contributed by atoms with Crippen LogP contribution in [0, 0.1) is 11.7 Å². The first kappa shape index (κ1) is 18.3. The van der Waals surface area contributed by atoms with Crippen molar-refractivity contribution in [1.29, 1.82) is 0 Å². The number of nitrogens with two attached hydrogens (primary N) is 1. The molecule has 4 nitrogen and oxygen atoms in total. The SMILES string of the molecule is CCC(N)(CC)CNC(=O)CC(C)C(=O)c1cccc(F)c1. The minimum atomic E-state index is -0.503. The Morgan fingerprint density at radius 2 is 1.95 bits per heavy atom. The quantitative estimate of drug-likeness (QED) is 0.725. The maximum absolute atomic E-state index is 13.1. The average Bonchev–Trinajstić information content (AvgIpc) is 2.51. The molecule has 0 bridgehead atoms. The van der Waals surface area contributed by atoms with E-state index in [9.17, 15) is 14.0 Å². The molecule has 0 aliphatic rings. The monoisotopic (exact) mass is 308 g/mol. The van der Waals surface area contributed by atoms with Crippen LogP contribution in [0.1, 0.15) is 50.4 Å². The molecule has 0 heterocycles. The molecule has 0 aliphatic carbocycles. The van der Waals surface area contributed by atoms with Gasteiger partial charge in [0.2, 0.25) is 5.91 Å². The summed E-state index contributed by atoms with van der Waals surface area (Å²) >= 11 is 0. The minimum absolute atomic E-state index is 0.0683. The van der Waals surface area contributed by atoms with Gasteiger partial charge in [-0.3, -0.25) is 9.59 Å². The summed E-state index contributed by atoms with van der Waals surface area (Å²) in [4.78, 5) is 24.1. The van der Waals surface area contributed by atoms with E-state index in [1.54, 1.807) is 13.0 Å². The predicted molar refractivity (Wildman–Crippen MR) is 85.0 cm³/mol. The van der Waals surface area contributed by atoms with Gasteiger partial charge in [-0.2, -0.15) is 0 Å². The Balaban J connectivity index is 2.55. The lowest BCUT2D eigenvalue weighted by atomic mass is 9.93. The van der Waals surface area contributed by atoms with Gasteiger partial charge in [0.15, 0.2) is 5.78 Å². The van der Waals surface area contributed by atoms with Crippen molar-refractivity contribution in [3.05, 3.63) is 35.6 Å². The molecule has 0 fully saturated rings. The standard InChI is InChI=1S/C17H25FN2O2/c1-4-17(19,5-2)11-20-15(21)9-12(3)16(22)13-7-6-8-14(18)10-13/h6-8,10,12H,4-5,9,11,19H2,1-3H3,(H,20,21). The number of Topliss-reactive ketones (excluding diaryl/α,β-unsaturated/α-hetero) is 1. The molecule has 122 valence electrons. The van der Waals surface area contributed by atoms with Crippen LogP contribution in [0.25, 0.3) is 0 Å². The van der Waals surface area contributed by atoms with Gasteiger partial charge in [0.05, 0.1) is 0 Å². The normalized spacial score (nSPS) is 12.8. The summed E-state index contributed by atoms with van der Waals surface area (Å²) in [5, 5.41) is 2.78. The van der Waals surface area contributed by atoms with E-state index < -0.39 is 17.3 Å². The number of carbonyl (C=O) groups excluding carboxylic acids is 2. The highest BCUT2D eigenvalue weighted by Crippen LogP contribution is 2.14. The Labute approximate surface area is 131 Å². The van der Waals surface area contributed by atoms with Gasteiger partial charge in [-0.15, -0.1) is 0 Å². The Morgan fingerprint density at radius 3 is 2.50 bits per heavy atom. The van der Waals surface area contributed by atoms with Crippen molar-refractivity contribution in [2.45, 2.75) is 45.6 Å². The maximum atomic E-state index is 13.1. The van der Waals surface area contributed by atoms with Crippen molar-refractivity contribution in [2.75, 3.05) is 6.54 Å². The van der Waals surface area contributed by atoms with Crippen molar-refractivity contribution in [1.82, 2.24) is 5.32 Å². The largest absolute Gasteiger partial charge is 0.354 e. The van der Waals surface area contributed by atoms with Crippen molar-refractivity contribution < 1.29 is 14.0 Å². The number of hydrogen-bond acceptors (Lipinski definition) is 3. The second-order valence-corrected chi connectivity index (χ2v) is 5.83. The highest BCUT2D eigenvalue weighted by molar-refractivity contribution is 5.99. The number of ketones is 1. The fourth-order valence-corrected chi connectivity index (χ4v) is 2.14. The lowest BCUT2D eigenvalue weighted by molar-refractivity contribution is -0.121.